The average molecular weight is 307 g/mol. The van der Waals surface area contributed by atoms with Crippen LogP contribution in [0, 0.1) is 0 Å². The van der Waals surface area contributed by atoms with E-state index < -0.39 is 6.10 Å². The molecule has 122 valence electrons. The zero-order chi connectivity index (χ0) is 15.5. The molecule has 2 aliphatic rings. The molecule has 1 aromatic heterocycles. The topological polar surface area (TPSA) is 68.5 Å². The molecule has 2 fully saturated rings. The van der Waals surface area contributed by atoms with Crippen molar-refractivity contribution in [3.8, 4) is 0 Å². The molecule has 0 bridgehead atoms. The van der Waals surface area contributed by atoms with E-state index in [4.69, 9.17) is 9.26 Å². The van der Waals surface area contributed by atoms with E-state index in [-0.39, 0.29) is 11.9 Å². The summed E-state index contributed by atoms with van der Waals surface area (Å²) >= 11 is 0. The number of hydrogen-bond donors (Lipinski definition) is 0. The van der Waals surface area contributed by atoms with E-state index >= 15 is 0 Å². The van der Waals surface area contributed by atoms with E-state index in [1.807, 2.05) is 11.8 Å². The van der Waals surface area contributed by atoms with Gasteiger partial charge in [-0.15, -0.1) is 0 Å². The zero-order valence-corrected chi connectivity index (χ0v) is 13.5. The summed E-state index contributed by atoms with van der Waals surface area (Å²) in [5.41, 5.74) is 0. The summed E-state index contributed by atoms with van der Waals surface area (Å²) in [5.74, 6) is 1.88. The second-order valence-corrected chi connectivity index (χ2v) is 6.32. The van der Waals surface area contributed by atoms with Gasteiger partial charge in [0.15, 0.2) is 5.82 Å². The Kier molecular flexibility index (Phi) is 4.76. The van der Waals surface area contributed by atoms with E-state index in [1.54, 1.807) is 0 Å². The molecule has 1 aliphatic heterocycles. The summed E-state index contributed by atoms with van der Waals surface area (Å²) in [4.78, 5) is 19.0. The van der Waals surface area contributed by atoms with Crippen molar-refractivity contribution in [1.29, 1.82) is 0 Å². The number of likely N-dealkylation sites (tertiary alicyclic amines) is 1. The third-order valence-corrected chi connectivity index (χ3v) is 4.43. The fourth-order valence-corrected chi connectivity index (χ4v) is 2.89. The van der Waals surface area contributed by atoms with Crippen LogP contribution in [0.25, 0.3) is 0 Å². The predicted molar refractivity (Wildman–Crippen MR) is 80.3 cm³/mol. The predicted octanol–water partition coefficient (Wildman–Crippen LogP) is 2.82. The van der Waals surface area contributed by atoms with Gasteiger partial charge in [-0.3, -0.25) is 4.79 Å². The molecular weight excluding hydrogens is 282 g/mol. The summed E-state index contributed by atoms with van der Waals surface area (Å²) < 4.78 is 11.0. The highest BCUT2D eigenvalue weighted by atomic mass is 16.5. The Hall–Kier alpha value is -1.43. The first-order chi connectivity index (χ1) is 10.7. The van der Waals surface area contributed by atoms with Crippen LogP contribution in [0.4, 0.5) is 0 Å². The lowest BCUT2D eigenvalue weighted by atomic mass is 10.2. The first-order valence-electron chi connectivity index (χ1n) is 8.46. The molecule has 2 atom stereocenters. The van der Waals surface area contributed by atoms with Crippen LogP contribution in [0.2, 0.25) is 0 Å². The number of carbonyl (C=O) groups excluding carboxylic acids is 1. The van der Waals surface area contributed by atoms with Gasteiger partial charge in [-0.2, -0.15) is 4.98 Å². The van der Waals surface area contributed by atoms with Gasteiger partial charge in [0.2, 0.25) is 5.89 Å². The molecular formula is C16H25N3O3. The van der Waals surface area contributed by atoms with Gasteiger partial charge >= 0.3 is 0 Å². The molecule has 0 spiro atoms. The van der Waals surface area contributed by atoms with E-state index in [1.165, 1.54) is 0 Å². The smallest absolute Gasteiger partial charge is 0.252 e. The monoisotopic (exact) mass is 307 g/mol. The molecule has 1 saturated carbocycles. The normalized spacial score (nSPS) is 23.0. The molecule has 2 heterocycles. The highest BCUT2D eigenvalue weighted by Gasteiger charge is 2.37. The zero-order valence-electron chi connectivity index (χ0n) is 13.5. The maximum absolute atomic E-state index is 12.6. The number of rotatable bonds is 7. The lowest BCUT2D eigenvalue weighted by Gasteiger charge is -2.25. The number of nitrogens with zero attached hydrogens (tertiary/aromatic N) is 3. The van der Waals surface area contributed by atoms with Crippen molar-refractivity contribution in [3.63, 3.8) is 0 Å². The number of ether oxygens (including phenoxy) is 1. The van der Waals surface area contributed by atoms with Crippen molar-refractivity contribution in [3.05, 3.63) is 11.7 Å². The van der Waals surface area contributed by atoms with Crippen molar-refractivity contribution >= 4 is 5.91 Å². The third-order valence-electron chi connectivity index (χ3n) is 4.43. The molecule has 3 rings (SSSR count). The highest BCUT2D eigenvalue weighted by Crippen LogP contribution is 2.40. The van der Waals surface area contributed by atoms with Crippen molar-refractivity contribution in [1.82, 2.24) is 15.0 Å². The quantitative estimate of drug-likeness (QED) is 0.725. The van der Waals surface area contributed by atoms with Gasteiger partial charge in [0.05, 0.1) is 6.04 Å². The van der Waals surface area contributed by atoms with E-state index in [0.717, 1.165) is 51.0 Å². The van der Waals surface area contributed by atoms with Crippen molar-refractivity contribution in [2.45, 2.75) is 70.4 Å². The summed E-state index contributed by atoms with van der Waals surface area (Å²) in [6.07, 6.45) is 5.80. The summed E-state index contributed by atoms with van der Waals surface area (Å²) in [7, 11) is 0. The molecule has 0 radical (unpaired) electrons. The van der Waals surface area contributed by atoms with Gasteiger partial charge in [0.1, 0.15) is 6.10 Å². The lowest BCUT2D eigenvalue weighted by Crippen LogP contribution is -2.39. The maximum atomic E-state index is 12.6. The Morgan fingerprint density at radius 3 is 3.00 bits per heavy atom. The minimum atomic E-state index is -0.401. The van der Waals surface area contributed by atoms with Crippen LogP contribution in [0.3, 0.4) is 0 Å². The van der Waals surface area contributed by atoms with Crippen molar-refractivity contribution in [2.75, 3.05) is 13.2 Å². The summed E-state index contributed by atoms with van der Waals surface area (Å²) in [6, 6.07) is -0.0547. The van der Waals surface area contributed by atoms with Crippen LogP contribution in [0.15, 0.2) is 4.52 Å². The molecule has 0 N–H and O–H groups in total. The van der Waals surface area contributed by atoms with Crippen LogP contribution < -0.4 is 0 Å². The van der Waals surface area contributed by atoms with Crippen LogP contribution in [0.5, 0.6) is 0 Å². The molecule has 6 heteroatoms. The second-order valence-electron chi connectivity index (χ2n) is 6.32. The van der Waals surface area contributed by atoms with Gasteiger partial charge in [0.25, 0.3) is 5.91 Å². The lowest BCUT2D eigenvalue weighted by molar-refractivity contribution is -0.143. The second kappa shape index (κ2) is 6.77. The third kappa shape index (κ3) is 3.32. The van der Waals surface area contributed by atoms with Gasteiger partial charge in [-0.25, -0.2) is 0 Å². The summed E-state index contributed by atoms with van der Waals surface area (Å²) in [5, 5.41) is 4.11. The van der Waals surface area contributed by atoms with Gasteiger partial charge < -0.3 is 14.2 Å². The van der Waals surface area contributed by atoms with Crippen molar-refractivity contribution in [2.24, 2.45) is 0 Å². The largest absolute Gasteiger partial charge is 0.369 e. The van der Waals surface area contributed by atoms with Gasteiger partial charge in [-0.1, -0.05) is 18.5 Å². The molecule has 6 nitrogen and oxygen atoms in total. The molecule has 1 aliphatic carbocycles. The fourth-order valence-electron chi connectivity index (χ4n) is 2.89. The number of unbranched alkanes of at least 4 members (excludes halogenated alkanes) is 1. The fraction of sp³-hybridized carbons (Fsp3) is 0.812. The summed E-state index contributed by atoms with van der Waals surface area (Å²) in [6.45, 7) is 5.33. The maximum Gasteiger partial charge on any atom is 0.252 e. The molecule has 1 saturated heterocycles. The van der Waals surface area contributed by atoms with Crippen LogP contribution >= 0.6 is 0 Å². The van der Waals surface area contributed by atoms with Gasteiger partial charge in [0, 0.05) is 19.1 Å². The molecule has 1 aromatic rings. The molecule has 1 amide bonds. The van der Waals surface area contributed by atoms with Crippen molar-refractivity contribution < 1.29 is 14.1 Å². The average Bonchev–Trinajstić information content (AvgIpc) is 3.06. The first-order valence-corrected chi connectivity index (χ1v) is 8.46. The Labute approximate surface area is 131 Å². The Morgan fingerprint density at radius 2 is 2.27 bits per heavy atom. The molecule has 22 heavy (non-hydrogen) atoms. The minimum Gasteiger partial charge on any atom is -0.369 e. The molecule has 0 unspecified atom stereocenters. The minimum absolute atomic E-state index is 0.0383. The Bertz CT molecular complexity index is 512. The van der Waals surface area contributed by atoms with Gasteiger partial charge in [-0.05, 0) is 39.0 Å². The number of carbonyl (C=O) groups is 1. The standard InChI is InChI=1S/C16H25N3O3/c1-3-4-10-21-11(2)16(20)19-9-5-6-13(19)14-17-15(22-18-14)12-7-8-12/h11-13H,3-10H2,1-2H3/t11-,13-/m0/s1. The Morgan fingerprint density at radius 1 is 1.45 bits per heavy atom. The van der Waals surface area contributed by atoms with E-state index in [9.17, 15) is 4.79 Å². The Balaban J connectivity index is 1.62. The number of amides is 1. The SMILES string of the molecule is CCCCO[C@@H](C)C(=O)N1CCC[C@H]1c1noc(C2CC2)n1. The van der Waals surface area contributed by atoms with Crippen LogP contribution in [-0.4, -0.2) is 40.2 Å². The van der Waals surface area contributed by atoms with E-state index in [2.05, 4.69) is 17.1 Å². The first kappa shape index (κ1) is 15.5. The highest BCUT2D eigenvalue weighted by molar-refractivity contribution is 5.81. The van der Waals surface area contributed by atoms with E-state index in [0.29, 0.717) is 18.3 Å². The number of aromatic nitrogens is 2. The molecule has 0 aromatic carbocycles. The number of hydrogen-bond acceptors (Lipinski definition) is 5. The van der Waals surface area contributed by atoms with Crippen LogP contribution in [-0.2, 0) is 9.53 Å². The van der Waals surface area contributed by atoms with Crippen LogP contribution in [0.1, 0.15) is 76.0 Å².